The van der Waals surface area contributed by atoms with E-state index in [1.807, 2.05) is 42.5 Å². The molecule has 3 aromatic rings. The summed E-state index contributed by atoms with van der Waals surface area (Å²) in [6, 6.07) is 17.9. The van der Waals surface area contributed by atoms with Gasteiger partial charge >= 0.3 is 0 Å². The van der Waals surface area contributed by atoms with Gasteiger partial charge < -0.3 is 9.88 Å². The van der Waals surface area contributed by atoms with Crippen LogP contribution in [0.4, 0.5) is 8.78 Å². The molecule has 4 nitrogen and oxygen atoms in total. The molecule has 158 valence electrons. The Kier molecular flexibility index (Phi) is 6.43. The Morgan fingerprint density at radius 2 is 1.87 bits per heavy atom. The molecule has 1 aromatic heterocycles. The second-order valence-corrected chi connectivity index (χ2v) is 7.94. The third kappa shape index (κ3) is 4.70. The van der Waals surface area contributed by atoms with E-state index in [2.05, 4.69) is 33.1 Å². The molecule has 2 heterocycles. The fourth-order valence-electron chi connectivity index (χ4n) is 4.24. The van der Waals surface area contributed by atoms with Crippen LogP contribution in [-0.2, 0) is 11.3 Å². The van der Waals surface area contributed by atoms with Crippen LogP contribution in [0.1, 0.15) is 36.2 Å². The Bertz CT molecular complexity index is 981. The summed E-state index contributed by atoms with van der Waals surface area (Å²) in [7, 11) is 0. The van der Waals surface area contributed by atoms with Crippen LogP contribution in [0.5, 0.6) is 0 Å². The number of fused-ring (bicyclic) bond motifs is 1. The zero-order chi connectivity index (χ0) is 20.9. The van der Waals surface area contributed by atoms with Crippen molar-refractivity contribution in [2.75, 3.05) is 26.3 Å². The summed E-state index contributed by atoms with van der Waals surface area (Å²) in [5.74, 6) is -0.598. The van der Waals surface area contributed by atoms with Crippen molar-refractivity contribution in [2.45, 2.75) is 31.6 Å². The third-order valence-corrected chi connectivity index (χ3v) is 5.93. The summed E-state index contributed by atoms with van der Waals surface area (Å²) >= 11 is 0. The summed E-state index contributed by atoms with van der Waals surface area (Å²) in [4.78, 5) is 13.4. The highest BCUT2D eigenvalue weighted by Crippen LogP contribution is 2.29. The maximum atomic E-state index is 14.6. The third-order valence-electron chi connectivity index (χ3n) is 5.93. The number of nitrogens with one attached hydrogen (secondary N) is 1. The molecule has 1 atom stereocenters. The van der Waals surface area contributed by atoms with Crippen LogP contribution in [0.15, 0.2) is 60.8 Å². The van der Waals surface area contributed by atoms with Crippen LogP contribution in [0, 0.1) is 0 Å². The fraction of sp³-hybridized carbons (Fsp3) is 0.375. The van der Waals surface area contributed by atoms with Crippen molar-refractivity contribution in [3.8, 4) is 0 Å². The molecule has 0 spiro atoms. The van der Waals surface area contributed by atoms with Gasteiger partial charge in [-0.2, -0.15) is 0 Å². The Balaban J connectivity index is 1.38. The zero-order valence-electron chi connectivity index (χ0n) is 16.9. The van der Waals surface area contributed by atoms with Gasteiger partial charge in [0.25, 0.3) is 5.91 Å². The fourth-order valence-corrected chi connectivity index (χ4v) is 4.24. The molecule has 1 N–H and O–H groups in total. The molecule has 1 amide bonds. The number of hydrogen-bond donors (Lipinski definition) is 1. The Morgan fingerprint density at radius 1 is 1.10 bits per heavy atom. The van der Waals surface area contributed by atoms with Gasteiger partial charge in [0.15, 0.2) is 6.67 Å². The predicted octanol–water partition coefficient (Wildman–Crippen LogP) is 4.57. The average Bonchev–Trinajstić information content (AvgIpc) is 3.21. The molecule has 4 rings (SSSR count). The minimum absolute atomic E-state index is 0.319. The van der Waals surface area contributed by atoms with Gasteiger partial charge in [0.05, 0.1) is 0 Å². The molecular formula is C24H27F2N3O. The number of carbonyl (C=O) groups excluding carboxylic acids is 1. The van der Waals surface area contributed by atoms with E-state index in [4.69, 9.17) is 0 Å². The number of nitrogens with zero attached hydrogens (tertiary/aromatic N) is 2. The molecular weight excluding hydrogens is 384 g/mol. The van der Waals surface area contributed by atoms with E-state index in [0.717, 1.165) is 48.0 Å². The van der Waals surface area contributed by atoms with Gasteiger partial charge in [0.2, 0.25) is 0 Å². The highest BCUT2D eigenvalue weighted by atomic mass is 19.1. The molecule has 2 aromatic carbocycles. The Morgan fingerprint density at radius 3 is 2.60 bits per heavy atom. The summed E-state index contributed by atoms with van der Waals surface area (Å²) in [5.41, 5.74) is 2.81. The highest BCUT2D eigenvalue weighted by Gasteiger charge is 2.24. The van der Waals surface area contributed by atoms with Crippen molar-refractivity contribution in [1.82, 2.24) is 14.8 Å². The van der Waals surface area contributed by atoms with Crippen LogP contribution in [0.25, 0.3) is 10.9 Å². The van der Waals surface area contributed by atoms with Gasteiger partial charge in [-0.15, -0.1) is 0 Å². The number of hydrogen-bond acceptors (Lipinski definition) is 2. The maximum absolute atomic E-state index is 14.6. The number of aromatic nitrogens is 1. The molecule has 1 saturated heterocycles. The van der Waals surface area contributed by atoms with Gasteiger partial charge in [-0.3, -0.25) is 9.69 Å². The van der Waals surface area contributed by atoms with Crippen LogP contribution < -0.4 is 5.32 Å². The van der Waals surface area contributed by atoms with Crippen LogP contribution in [0.3, 0.4) is 0 Å². The van der Waals surface area contributed by atoms with Gasteiger partial charge in [-0.05, 0) is 41.5 Å². The second kappa shape index (κ2) is 9.39. The van der Waals surface area contributed by atoms with Crippen LogP contribution in [-0.4, -0.2) is 41.7 Å². The SMILES string of the molecule is O=C(CF)NCc1ccc2ccn(C3CCN(CC(F)c4ccccc4)CC3)c2c1. The number of carbonyl (C=O) groups is 1. The summed E-state index contributed by atoms with van der Waals surface area (Å²) < 4.78 is 29.3. The first-order valence-corrected chi connectivity index (χ1v) is 10.5. The smallest absolute Gasteiger partial charge is 0.251 e. The van der Waals surface area contributed by atoms with Gasteiger partial charge in [0.1, 0.15) is 6.17 Å². The van der Waals surface area contributed by atoms with Gasteiger partial charge in [-0.25, -0.2) is 8.78 Å². The number of benzene rings is 2. The molecule has 1 aliphatic heterocycles. The van der Waals surface area contributed by atoms with E-state index < -0.39 is 18.8 Å². The Labute approximate surface area is 175 Å². The number of piperidine rings is 1. The van der Waals surface area contributed by atoms with E-state index in [1.165, 1.54) is 0 Å². The lowest BCUT2D eigenvalue weighted by atomic mass is 10.0. The largest absolute Gasteiger partial charge is 0.350 e. The lowest BCUT2D eigenvalue weighted by Crippen LogP contribution is -2.36. The highest BCUT2D eigenvalue weighted by molar-refractivity contribution is 5.81. The standard InChI is InChI=1S/C24H27F2N3O/c25-15-24(30)27-16-18-6-7-20-8-13-29(23(20)14-18)21-9-11-28(12-10-21)17-22(26)19-4-2-1-3-5-19/h1-8,13-14,21-22H,9-12,15-17H2,(H,27,30). The van der Waals surface area contributed by atoms with Gasteiger partial charge in [-0.1, -0.05) is 42.5 Å². The van der Waals surface area contributed by atoms with Crippen LogP contribution in [0.2, 0.25) is 0 Å². The first kappa shape index (κ1) is 20.5. The van der Waals surface area contributed by atoms with Crippen molar-refractivity contribution in [3.63, 3.8) is 0 Å². The van der Waals surface area contributed by atoms with E-state index in [1.54, 1.807) is 0 Å². The van der Waals surface area contributed by atoms with Gasteiger partial charge in [0, 0.05) is 43.9 Å². The predicted molar refractivity (Wildman–Crippen MR) is 115 cm³/mol. The zero-order valence-corrected chi connectivity index (χ0v) is 16.9. The molecule has 6 heteroatoms. The molecule has 1 unspecified atom stereocenters. The Hall–Kier alpha value is -2.73. The first-order valence-electron chi connectivity index (χ1n) is 10.5. The molecule has 0 aliphatic carbocycles. The first-order chi connectivity index (χ1) is 14.6. The summed E-state index contributed by atoms with van der Waals surface area (Å²) in [6.07, 6.45) is 3.08. The van der Waals surface area contributed by atoms with Crippen molar-refractivity contribution >= 4 is 16.8 Å². The lowest BCUT2D eigenvalue weighted by Gasteiger charge is -2.34. The van der Waals surface area contributed by atoms with Crippen LogP contribution >= 0.6 is 0 Å². The monoisotopic (exact) mass is 411 g/mol. The minimum Gasteiger partial charge on any atom is -0.350 e. The second-order valence-electron chi connectivity index (χ2n) is 7.94. The van der Waals surface area contributed by atoms with Crippen molar-refractivity contribution in [2.24, 2.45) is 0 Å². The van der Waals surface area contributed by atoms with Crippen molar-refractivity contribution in [1.29, 1.82) is 0 Å². The number of alkyl halides is 2. The molecule has 0 bridgehead atoms. The average molecular weight is 411 g/mol. The molecule has 0 radical (unpaired) electrons. The van der Waals surface area contributed by atoms with E-state index >= 15 is 0 Å². The topological polar surface area (TPSA) is 37.3 Å². The minimum atomic E-state index is -0.999. The van der Waals surface area contributed by atoms with E-state index in [0.29, 0.717) is 19.1 Å². The number of amides is 1. The van der Waals surface area contributed by atoms with Crippen molar-refractivity contribution in [3.05, 3.63) is 71.9 Å². The van der Waals surface area contributed by atoms with Crippen molar-refractivity contribution < 1.29 is 13.6 Å². The number of likely N-dealkylation sites (tertiary alicyclic amines) is 1. The van der Waals surface area contributed by atoms with E-state index in [9.17, 15) is 13.6 Å². The van der Waals surface area contributed by atoms with E-state index in [-0.39, 0.29) is 0 Å². The number of rotatable bonds is 7. The quantitative estimate of drug-likeness (QED) is 0.618. The summed E-state index contributed by atoms with van der Waals surface area (Å²) in [6.45, 7) is 1.48. The lowest BCUT2D eigenvalue weighted by molar-refractivity contribution is -0.122. The molecule has 1 aliphatic rings. The number of halogens is 2. The molecule has 0 saturated carbocycles. The maximum Gasteiger partial charge on any atom is 0.251 e. The summed E-state index contributed by atoms with van der Waals surface area (Å²) in [5, 5.41) is 3.72. The normalized spacial score (nSPS) is 16.6. The molecule has 30 heavy (non-hydrogen) atoms. The molecule has 1 fully saturated rings.